The summed E-state index contributed by atoms with van der Waals surface area (Å²) in [6.07, 6.45) is -3.58. The summed E-state index contributed by atoms with van der Waals surface area (Å²) < 4.78 is 10.1. The molecule has 7 heteroatoms. The fourth-order valence-electron chi connectivity index (χ4n) is 2.11. The van der Waals surface area contributed by atoms with E-state index in [-0.39, 0.29) is 0 Å². The minimum atomic E-state index is -1.39. The number of aliphatic hydroxyl groups excluding tert-OH is 4. The van der Waals surface area contributed by atoms with E-state index in [9.17, 15) is 15.3 Å². The maximum atomic E-state index is 9.93. The molecule has 5 atom stereocenters. The smallest absolute Gasteiger partial charge is 0.180 e. The number of methoxy groups -OCH3 is 1. The summed E-state index contributed by atoms with van der Waals surface area (Å²) in [5.41, 5.74) is 0.744. The second kappa shape index (κ2) is 6.97. The van der Waals surface area contributed by atoms with Crippen molar-refractivity contribution in [1.29, 1.82) is 0 Å². The number of aliphatic imine (C=N–C) groups is 1. The van der Waals surface area contributed by atoms with E-state index in [2.05, 4.69) is 4.99 Å². The van der Waals surface area contributed by atoms with Gasteiger partial charge in [0.15, 0.2) is 6.29 Å². The molecule has 4 N–H and O–H groups in total. The van der Waals surface area contributed by atoms with Gasteiger partial charge in [-0.25, -0.2) is 0 Å². The Bertz CT molecular complexity index is 477. The highest BCUT2D eigenvalue weighted by molar-refractivity contribution is 5.79. The van der Waals surface area contributed by atoms with Gasteiger partial charge in [0.2, 0.25) is 0 Å². The molecule has 7 nitrogen and oxygen atoms in total. The zero-order valence-corrected chi connectivity index (χ0v) is 11.5. The predicted octanol–water partition coefficient (Wildman–Crippen LogP) is -1.09. The van der Waals surface area contributed by atoms with E-state index in [1.165, 1.54) is 6.21 Å². The summed E-state index contributed by atoms with van der Waals surface area (Å²) >= 11 is 0. The minimum Gasteiger partial charge on any atom is -0.497 e. The molecule has 0 radical (unpaired) electrons. The van der Waals surface area contributed by atoms with Gasteiger partial charge >= 0.3 is 0 Å². The van der Waals surface area contributed by atoms with Crippen LogP contribution in [0.4, 0.5) is 0 Å². The maximum Gasteiger partial charge on any atom is 0.180 e. The maximum absolute atomic E-state index is 9.93. The molecule has 1 aliphatic rings. The lowest BCUT2D eigenvalue weighted by Gasteiger charge is -2.38. The first-order chi connectivity index (χ1) is 10.1. The lowest BCUT2D eigenvalue weighted by Crippen LogP contribution is -2.57. The molecule has 0 amide bonds. The van der Waals surface area contributed by atoms with Crippen LogP contribution in [-0.4, -0.2) is 71.0 Å². The van der Waals surface area contributed by atoms with E-state index < -0.39 is 37.3 Å². The van der Waals surface area contributed by atoms with Crippen LogP contribution in [0.2, 0.25) is 0 Å². The predicted molar refractivity (Wildman–Crippen MR) is 74.4 cm³/mol. The summed E-state index contributed by atoms with van der Waals surface area (Å²) in [5.74, 6) is 0.703. The first kappa shape index (κ1) is 15.9. The summed E-state index contributed by atoms with van der Waals surface area (Å²) in [4.78, 5) is 4.06. The van der Waals surface area contributed by atoms with Gasteiger partial charge in [0.05, 0.1) is 13.7 Å². The van der Waals surface area contributed by atoms with Gasteiger partial charge in [-0.3, -0.25) is 4.99 Å². The lowest BCUT2D eigenvalue weighted by atomic mass is 9.97. The molecule has 1 aromatic rings. The van der Waals surface area contributed by atoms with Crippen LogP contribution in [0.5, 0.6) is 5.75 Å². The average molecular weight is 297 g/mol. The number of rotatable bonds is 4. The molecule has 1 aliphatic heterocycles. The van der Waals surface area contributed by atoms with Crippen molar-refractivity contribution in [2.24, 2.45) is 4.99 Å². The van der Waals surface area contributed by atoms with Crippen LogP contribution < -0.4 is 4.74 Å². The normalized spacial score (nSPS) is 33.3. The van der Waals surface area contributed by atoms with Crippen molar-refractivity contribution >= 4 is 6.21 Å². The zero-order chi connectivity index (χ0) is 15.4. The second-order valence-corrected chi connectivity index (χ2v) is 4.77. The highest BCUT2D eigenvalue weighted by Crippen LogP contribution is 2.22. The minimum absolute atomic E-state index is 0.496. The Morgan fingerprint density at radius 3 is 2.43 bits per heavy atom. The molecule has 0 aliphatic carbocycles. The molecular formula is C14H19NO6. The molecule has 2 rings (SSSR count). The van der Waals surface area contributed by atoms with Gasteiger partial charge in [-0.1, -0.05) is 0 Å². The topological polar surface area (TPSA) is 112 Å². The molecular weight excluding hydrogens is 278 g/mol. The van der Waals surface area contributed by atoms with Gasteiger partial charge in [-0.05, 0) is 29.8 Å². The highest BCUT2D eigenvalue weighted by Gasteiger charge is 2.43. The average Bonchev–Trinajstić information content (AvgIpc) is 2.51. The first-order valence-electron chi connectivity index (χ1n) is 6.54. The monoisotopic (exact) mass is 297 g/mol. The molecule has 1 saturated heterocycles. The SMILES string of the molecule is COc1ccc(C=NC2C(O)[C@H](O)C(CO)O[C@H]2O)cc1. The summed E-state index contributed by atoms with van der Waals surface area (Å²) in [7, 11) is 1.56. The molecule has 21 heavy (non-hydrogen) atoms. The van der Waals surface area contributed by atoms with Crippen molar-refractivity contribution in [2.75, 3.05) is 13.7 Å². The molecule has 116 valence electrons. The lowest BCUT2D eigenvalue weighted by molar-refractivity contribution is -0.248. The molecule has 1 fully saturated rings. The molecule has 1 heterocycles. The Kier molecular flexibility index (Phi) is 5.27. The number of hydrogen-bond donors (Lipinski definition) is 4. The third-order valence-corrected chi connectivity index (χ3v) is 3.38. The number of ether oxygens (including phenoxy) is 2. The number of benzene rings is 1. The van der Waals surface area contributed by atoms with E-state index in [0.717, 1.165) is 5.56 Å². The van der Waals surface area contributed by atoms with Crippen molar-refractivity contribution in [3.8, 4) is 5.75 Å². The number of aliphatic hydroxyl groups is 4. The van der Waals surface area contributed by atoms with Crippen LogP contribution in [0, 0.1) is 0 Å². The van der Waals surface area contributed by atoms with E-state index in [1.807, 2.05) is 0 Å². The van der Waals surface area contributed by atoms with Crippen LogP contribution in [0.25, 0.3) is 0 Å². The molecule has 0 aromatic heterocycles. The van der Waals surface area contributed by atoms with Crippen LogP contribution in [0.15, 0.2) is 29.3 Å². The van der Waals surface area contributed by atoms with Crippen molar-refractivity contribution in [1.82, 2.24) is 0 Å². The summed E-state index contributed by atoms with van der Waals surface area (Å²) in [6, 6.07) is 6.00. The number of hydrogen-bond acceptors (Lipinski definition) is 7. The van der Waals surface area contributed by atoms with Crippen LogP contribution in [-0.2, 0) is 4.74 Å². The van der Waals surface area contributed by atoms with Crippen molar-refractivity contribution in [3.63, 3.8) is 0 Å². The Hall–Kier alpha value is -1.51. The Morgan fingerprint density at radius 1 is 1.19 bits per heavy atom. The fraction of sp³-hybridized carbons (Fsp3) is 0.500. The van der Waals surface area contributed by atoms with Gasteiger partial charge in [0, 0.05) is 6.21 Å². The Morgan fingerprint density at radius 2 is 1.86 bits per heavy atom. The van der Waals surface area contributed by atoms with Crippen LogP contribution in [0.3, 0.4) is 0 Å². The first-order valence-corrected chi connectivity index (χ1v) is 6.54. The molecule has 0 spiro atoms. The van der Waals surface area contributed by atoms with Crippen molar-refractivity contribution in [2.45, 2.75) is 30.6 Å². The molecule has 0 saturated carbocycles. The quantitative estimate of drug-likeness (QED) is 0.526. The summed E-state index contributed by atoms with van der Waals surface area (Å²) in [6.45, 7) is -0.496. The Labute approximate surface area is 122 Å². The van der Waals surface area contributed by atoms with Crippen LogP contribution in [0.1, 0.15) is 5.56 Å². The largest absolute Gasteiger partial charge is 0.497 e. The van der Waals surface area contributed by atoms with E-state index in [0.29, 0.717) is 5.75 Å². The van der Waals surface area contributed by atoms with E-state index in [4.69, 9.17) is 14.6 Å². The fourth-order valence-corrected chi connectivity index (χ4v) is 2.11. The van der Waals surface area contributed by atoms with Gasteiger partial charge in [0.25, 0.3) is 0 Å². The molecule has 0 bridgehead atoms. The molecule has 1 aromatic carbocycles. The standard InChI is InChI=1S/C14H19NO6/c1-20-9-4-2-8(3-5-9)6-15-11-13(18)12(17)10(7-16)21-14(11)19/h2-6,10-14,16-19H,7H2,1H3/t10?,11?,12-,13?,14-/m1/s1. The Balaban J connectivity index is 2.08. The van der Waals surface area contributed by atoms with Gasteiger partial charge in [-0.15, -0.1) is 0 Å². The van der Waals surface area contributed by atoms with Crippen molar-refractivity contribution in [3.05, 3.63) is 29.8 Å². The van der Waals surface area contributed by atoms with Gasteiger partial charge < -0.3 is 29.9 Å². The molecule has 3 unspecified atom stereocenters. The second-order valence-electron chi connectivity index (χ2n) is 4.77. The zero-order valence-electron chi connectivity index (χ0n) is 11.5. The third-order valence-electron chi connectivity index (χ3n) is 3.38. The number of nitrogens with zero attached hydrogens (tertiary/aromatic N) is 1. The van der Waals surface area contributed by atoms with Gasteiger partial charge in [-0.2, -0.15) is 0 Å². The van der Waals surface area contributed by atoms with Crippen LogP contribution >= 0.6 is 0 Å². The van der Waals surface area contributed by atoms with Crippen molar-refractivity contribution < 1.29 is 29.9 Å². The van der Waals surface area contributed by atoms with E-state index >= 15 is 0 Å². The third kappa shape index (κ3) is 3.58. The van der Waals surface area contributed by atoms with E-state index in [1.54, 1.807) is 31.4 Å². The van der Waals surface area contributed by atoms with Gasteiger partial charge in [0.1, 0.15) is 30.1 Å². The summed E-state index contributed by atoms with van der Waals surface area (Å²) in [5, 5.41) is 38.5. The highest BCUT2D eigenvalue weighted by atomic mass is 16.6.